The first kappa shape index (κ1) is 13.2. The van der Waals surface area contributed by atoms with Crippen LogP contribution in [0.3, 0.4) is 0 Å². The minimum atomic E-state index is -1.08. The van der Waals surface area contributed by atoms with Crippen molar-refractivity contribution < 1.29 is 18.7 Å². The highest BCUT2D eigenvalue weighted by molar-refractivity contribution is 5.93. The number of hydrogen-bond acceptors (Lipinski definition) is 2. The molecule has 2 aromatic carbocycles. The molecular weight excluding hydrogens is 278 g/mol. The smallest absolute Gasteiger partial charge is 0.335 e. The van der Waals surface area contributed by atoms with Gasteiger partial charge < -0.3 is 5.11 Å². The van der Waals surface area contributed by atoms with Crippen LogP contribution in [0.2, 0.25) is 0 Å². The molecule has 21 heavy (non-hydrogen) atoms. The lowest BCUT2D eigenvalue weighted by atomic mass is 10.2. The number of imidazole rings is 1. The molecule has 0 amide bonds. The summed E-state index contributed by atoms with van der Waals surface area (Å²) in [7, 11) is 0. The molecule has 0 atom stereocenters. The second-order valence-corrected chi connectivity index (χ2v) is 4.63. The highest BCUT2D eigenvalue weighted by atomic mass is 19.1. The largest absolute Gasteiger partial charge is 0.478 e. The maximum Gasteiger partial charge on any atom is 0.335 e. The highest BCUT2D eigenvalue weighted by Crippen LogP contribution is 2.23. The van der Waals surface area contributed by atoms with Crippen LogP contribution in [0.25, 0.3) is 16.7 Å². The van der Waals surface area contributed by atoms with E-state index in [1.165, 1.54) is 28.8 Å². The molecule has 0 unspecified atom stereocenters. The van der Waals surface area contributed by atoms with Gasteiger partial charge in [0.1, 0.15) is 17.5 Å². The summed E-state index contributed by atoms with van der Waals surface area (Å²) in [6.07, 6.45) is 0. The van der Waals surface area contributed by atoms with Crippen LogP contribution in [0.4, 0.5) is 8.78 Å². The third kappa shape index (κ3) is 2.24. The Bertz CT molecular complexity index is 851. The lowest BCUT2D eigenvalue weighted by molar-refractivity contribution is 0.0697. The third-order valence-corrected chi connectivity index (χ3v) is 3.17. The standard InChI is InChI=1S/C15H10F2N2O2/c1-8-18-13-3-2-9(15(20)21)4-14(13)19(8)12-6-10(16)5-11(17)7-12/h2-7H,1H3,(H,20,21). The van der Waals surface area contributed by atoms with E-state index in [0.717, 1.165) is 6.07 Å². The summed E-state index contributed by atoms with van der Waals surface area (Å²) in [6.45, 7) is 1.68. The first-order valence-corrected chi connectivity index (χ1v) is 6.14. The zero-order valence-electron chi connectivity index (χ0n) is 11.0. The lowest BCUT2D eigenvalue weighted by Gasteiger charge is -2.07. The molecule has 1 aromatic heterocycles. The van der Waals surface area contributed by atoms with Gasteiger partial charge in [0, 0.05) is 6.07 Å². The molecule has 0 saturated carbocycles. The monoisotopic (exact) mass is 288 g/mol. The van der Waals surface area contributed by atoms with Gasteiger partial charge in [0.25, 0.3) is 0 Å². The Morgan fingerprint density at radius 3 is 2.43 bits per heavy atom. The van der Waals surface area contributed by atoms with Crippen LogP contribution in [0, 0.1) is 18.6 Å². The number of benzene rings is 2. The second-order valence-electron chi connectivity index (χ2n) is 4.63. The van der Waals surface area contributed by atoms with Crippen molar-refractivity contribution in [2.75, 3.05) is 0 Å². The number of aryl methyl sites for hydroxylation is 1. The Kier molecular flexibility index (Phi) is 2.94. The van der Waals surface area contributed by atoms with Gasteiger partial charge in [-0.25, -0.2) is 18.6 Å². The van der Waals surface area contributed by atoms with Gasteiger partial charge in [-0.1, -0.05) is 0 Å². The van der Waals surface area contributed by atoms with Crippen molar-refractivity contribution in [2.24, 2.45) is 0 Å². The normalized spacial score (nSPS) is 11.0. The van der Waals surface area contributed by atoms with Gasteiger partial charge in [-0.05, 0) is 37.3 Å². The molecule has 3 rings (SSSR count). The summed E-state index contributed by atoms with van der Waals surface area (Å²) in [5.74, 6) is -1.98. The van der Waals surface area contributed by atoms with Crippen LogP contribution in [0.5, 0.6) is 0 Å². The third-order valence-electron chi connectivity index (χ3n) is 3.17. The number of halogens is 2. The van der Waals surface area contributed by atoms with Crippen molar-refractivity contribution in [1.82, 2.24) is 9.55 Å². The molecule has 6 heteroatoms. The van der Waals surface area contributed by atoms with Crippen LogP contribution >= 0.6 is 0 Å². The SMILES string of the molecule is Cc1nc2ccc(C(=O)O)cc2n1-c1cc(F)cc(F)c1. The van der Waals surface area contributed by atoms with Gasteiger partial charge in [0.05, 0.1) is 22.3 Å². The predicted molar refractivity (Wildman–Crippen MR) is 72.7 cm³/mol. The van der Waals surface area contributed by atoms with Crippen LogP contribution < -0.4 is 0 Å². The van der Waals surface area contributed by atoms with Crippen molar-refractivity contribution in [3.05, 3.63) is 59.4 Å². The van der Waals surface area contributed by atoms with E-state index in [4.69, 9.17) is 5.11 Å². The maximum absolute atomic E-state index is 13.4. The van der Waals surface area contributed by atoms with Crippen LogP contribution in [0.15, 0.2) is 36.4 Å². The average molecular weight is 288 g/mol. The van der Waals surface area contributed by atoms with Gasteiger partial charge in [-0.15, -0.1) is 0 Å². The molecule has 106 valence electrons. The molecule has 0 spiro atoms. The summed E-state index contributed by atoms with van der Waals surface area (Å²) >= 11 is 0. The van der Waals surface area contributed by atoms with E-state index in [0.29, 0.717) is 16.9 Å². The summed E-state index contributed by atoms with van der Waals surface area (Å²) in [4.78, 5) is 15.3. The summed E-state index contributed by atoms with van der Waals surface area (Å²) < 4.78 is 28.3. The Morgan fingerprint density at radius 2 is 1.81 bits per heavy atom. The molecule has 0 bridgehead atoms. The Hall–Kier alpha value is -2.76. The number of nitrogens with zero attached hydrogens (tertiary/aromatic N) is 2. The molecule has 0 aliphatic carbocycles. The number of hydrogen-bond donors (Lipinski definition) is 1. The zero-order chi connectivity index (χ0) is 15.1. The van der Waals surface area contributed by atoms with E-state index in [1.807, 2.05) is 0 Å². The van der Waals surface area contributed by atoms with Crippen molar-refractivity contribution in [3.63, 3.8) is 0 Å². The molecule has 0 aliphatic rings. The number of aromatic carboxylic acids is 1. The fourth-order valence-electron chi connectivity index (χ4n) is 2.32. The van der Waals surface area contributed by atoms with Gasteiger partial charge in [0.15, 0.2) is 0 Å². The quantitative estimate of drug-likeness (QED) is 0.787. The number of rotatable bonds is 2. The number of fused-ring (bicyclic) bond motifs is 1. The Morgan fingerprint density at radius 1 is 1.14 bits per heavy atom. The van der Waals surface area contributed by atoms with Gasteiger partial charge in [-0.2, -0.15) is 0 Å². The number of carbonyl (C=O) groups is 1. The van der Waals surface area contributed by atoms with Crippen LogP contribution in [-0.4, -0.2) is 20.6 Å². The average Bonchev–Trinajstić information content (AvgIpc) is 2.72. The topological polar surface area (TPSA) is 55.1 Å². The summed E-state index contributed by atoms with van der Waals surface area (Å²) in [6, 6.07) is 7.56. The van der Waals surface area contributed by atoms with Gasteiger partial charge >= 0.3 is 5.97 Å². The van der Waals surface area contributed by atoms with E-state index in [2.05, 4.69) is 4.98 Å². The minimum absolute atomic E-state index is 0.0838. The van der Waals surface area contributed by atoms with Crippen molar-refractivity contribution >= 4 is 17.0 Å². The lowest BCUT2D eigenvalue weighted by Crippen LogP contribution is -2.00. The molecule has 1 heterocycles. The predicted octanol–water partition coefficient (Wildman–Crippen LogP) is 3.31. The Balaban J connectivity index is 2.32. The first-order valence-electron chi connectivity index (χ1n) is 6.14. The fraction of sp³-hybridized carbons (Fsp3) is 0.0667. The van der Waals surface area contributed by atoms with Gasteiger partial charge in [0.2, 0.25) is 0 Å². The zero-order valence-corrected chi connectivity index (χ0v) is 11.0. The van der Waals surface area contributed by atoms with E-state index < -0.39 is 17.6 Å². The molecule has 3 aromatic rings. The van der Waals surface area contributed by atoms with E-state index in [9.17, 15) is 13.6 Å². The molecule has 4 nitrogen and oxygen atoms in total. The van der Waals surface area contributed by atoms with Crippen molar-refractivity contribution in [2.45, 2.75) is 6.92 Å². The molecule has 1 N–H and O–H groups in total. The molecule has 0 saturated heterocycles. The summed E-state index contributed by atoms with van der Waals surface area (Å²) in [5.41, 5.74) is 1.38. The highest BCUT2D eigenvalue weighted by Gasteiger charge is 2.13. The van der Waals surface area contributed by atoms with Crippen LogP contribution in [-0.2, 0) is 0 Å². The molecular formula is C15H10F2N2O2. The fourth-order valence-corrected chi connectivity index (χ4v) is 2.32. The molecule has 0 aliphatic heterocycles. The van der Waals surface area contributed by atoms with Crippen molar-refractivity contribution in [1.29, 1.82) is 0 Å². The van der Waals surface area contributed by atoms with E-state index in [-0.39, 0.29) is 11.3 Å². The first-order chi connectivity index (χ1) is 9.95. The summed E-state index contributed by atoms with van der Waals surface area (Å²) in [5, 5.41) is 9.05. The number of aromatic nitrogens is 2. The van der Waals surface area contributed by atoms with Crippen molar-refractivity contribution in [3.8, 4) is 5.69 Å². The van der Waals surface area contributed by atoms with Gasteiger partial charge in [-0.3, -0.25) is 4.57 Å². The minimum Gasteiger partial charge on any atom is -0.478 e. The number of carboxylic acid groups (broad SMARTS) is 1. The van der Waals surface area contributed by atoms with E-state index in [1.54, 1.807) is 13.0 Å². The van der Waals surface area contributed by atoms with E-state index >= 15 is 0 Å². The molecule has 0 fully saturated rings. The van der Waals surface area contributed by atoms with Crippen LogP contribution in [0.1, 0.15) is 16.2 Å². The Labute approximate surface area is 118 Å². The number of carboxylic acids is 1. The molecule has 0 radical (unpaired) electrons. The maximum atomic E-state index is 13.4. The second kappa shape index (κ2) is 4.66.